The van der Waals surface area contributed by atoms with Gasteiger partial charge < -0.3 is 14.7 Å². The molecule has 19 heavy (non-hydrogen) atoms. The topological polar surface area (TPSA) is 56.5 Å². The smallest absolute Gasteiger partial charge is 0.0762 e. The number of aliphatic hydroxyl groups is 1. The second-order valence-electron chi connectivity index (χ2n) is 4.27. The normalized spacial score (nSPS) is 11.9. The lowest BCUT2D eigenvalue weighted by Crippen LogP contribution is -2.28. The number of nitrogens with zero attached hydrogens (tertiary/aromatic N) is 2. The highest BCUT2D eigenvalue weighted by atomic mass is 35.5. The summed E-state index contributed by atoms with van der Waals surface area (Å²) in [5.41, 5.74) is 1.64. The van der Waals surface area contributed by atoms with Crippen molar-refractivity contribution < 1.29 is 9.84 Å². The van der Waals surface area contributed by atoms with Crippen molar-refractivity contribution in [3.8, 4) is 6.07 Å². The largest absolute Gasteiger partial charge is 0.389 e. The van der Waals surface area contributed by atoms with Crippen molar-refractivity contribution >= 4 is 17.3 Å². The van der Waals surface area contributed by atoms with E-state index in [-0.39, 0.29) is 0 Å². The Hall–Kier alpha value is -1.28. The van der Waals surface area contributed by atoms with Gasteiger partial charge in [0.15, 0.2) is 0 Å². The van der Waals surface area contributed by atoms with Crippen LogP contribution < -0.4 is 4.90 Å². The van der Waals surface area contributed by atoms with E-state index in [1.807, 2.05) is 17.0 Å². The van der Waals surface area contributed by atoms with E-state index in [2.05, 4.69) is 6.07 Å². The van der Waals surface area contributed by atoms with E-state index in [1.165, 1.54) is 0 Å². The molecule has 0 spiro atoms. The van der Waals surface area contributed by atoms with Crippen LogP contribution in [0.1, 0.15) is 25.0 Å². The number of nitriles is 1. The Kier molecular flexibility index (Phi) is 6.65. The number of benzene rings is 1. The maximum Gasteiger partial charge on any atom is 0.0762 e. The molecule has 1 atom stereocenters. The summed E-state index contributed by atoms with van der Waals surface area (Å²) in [6.07, 6.45) is -0.115. The molecule has 0 amide bonds. The molecule has 0 aliphatic rings. The van der Waals surface area contributed by atoms with Crippen LogP contribution in [0, 0.1) is 11.3 Å². The van der Waals surface area contributed by atoms with Crippen LogP contribution in [0.4, 0.5) is 5.69 Å². The summed E-state index contributed by atoms with van der Waals surface area (Å²) in [7, 11) is 1.64. The quantitative estimate of drug-likeness (QED) is 0.835. The van der Waals surface area contributed by atoms with Crippen LogP contribution in [0.5, 0.6) is 0 Å². The number of hydrogen-bond acceptors (Lipinski definition) is 4. The van der Waals surface area contributed by atoms with Gasteiger partial charge in [-0.3, -0.25) is 0 Å². The average molecular weight is 283 g/mol. The summed E-state index contributed by atoms with van der Waals surface area (Å²) in [4.78, 5) is 2.01. The Bertz CT molecular complexity index is 444. The van der Waals surface area contributed by atoms with Gasteiger partial charge in [-0.05, 0) is 24.6 Å². The van der Waals surface area contributed by atoms with Crippen molar-refractivity contribution in [2.24, 2.45) is 0 Å². The van der Waals surface area contributed by atoms with Gasteiger partial charge in [0.2, 0.25) is 0 Å². The van der Waals surface area contributed by atoms with Crippen LogP contribution in [0.3, 0.4) is 0 Å². The number of anilines is 1. The first-order valence-electron chi connectivity index (χ1n) is 6.18. The molecule has 0 heterocycles. The fourth-order valence-electron chi connectivity index (χ4n) is 1.78. The molecule has 1 aromatic carbocycles. The summed E-state index contributed by atoms with van der Waals surface area (Å²) in [5.74, 6) is 0. The van der Waals surface area contributed by atoms with Gasteiger partial charge in [0.25, 0.3) is 0 Å². The lowest BCUT2D eigenvalue weighted by molar-refractivity contribution is 0.199. The molecule has 0 aromatic heterocycles. The predicted molar refractivity (Wildman–Crippen MR) is 76.4 cm³/mol. The summed E-state index contributed by atoms with van der Waals surface area (Å²) in [6.45, 7) is 3.54. The molecule has 0 fully saturated rings. The zero-order chi connectivity index (χ0) is 14.3. The van der Waals surface area contributed by atoms with E-state index in [0.29, 0.717) is 31.1 Å². The van der Waals surface area contributed by atoms with Gasteiger partial charge in [-0.25, -0.2) is 0 Å². The molecule has 0 saturated heterocycles. The first-order valence-corrected chi connectivity index (χ1v) is 6.56. The zero-order valence-electron chi connectivity index (χ0n) is 11.3. The van der Waals surface area contributed by atoms with Crippen molar-refractivity contribution in [3.63, 3.8) is 0 Å². The summed E-state index contributed by atoms with van der Waals surface area (Å²) < 4.78 is 5.07. The molecule has 0 unspecified atom stereocenters. The van der Waals surface area contributed by atoms with Crippen LogP contribution in [-0.2, 0) is 4.74 Å². The van der Waals surface area contributed by atoms with E-state index in [4.69, 9.17) is 21.6 Å². The molecule has 1 aromatic rings. The minimum Gasteiger partial charge on any atom is -0.389 e. The molecule has 104 valence electrons. The van der Waals surface area contributed by atoms with Crippen LogP contribution in [0.25, 0.3) is 0 Å². The monoisotopic (exact) mass is 282 g/mol. The first kappa shape index (κ1) is 15.8. The van der Waals surface area contributed by atoms with E-state index in [1.54, 1.807) is 20.1 Å². The van der Waals surface area contributed by atoms with Gasteiger partial charge in [-0.1, -0.05) is 17.7 Å². The molecule has 0 aliphatic carbocycles. The maximum atomic E-state index is 9.53. The minimum atomic E-state index is -0.543. The van der Waals surface area contributed by atoms with Gasteiger partial charge in [-0.15, -0.1) is 0 Å². The van der Waals surface area contributed by atoms with E-state index < -0.39 is 6.10 Å². The third-order valence-corrected chi connectivity index (χ3v) is 3.16. The van der Waals surface area contributed by atoms with Gasteiger partial charge in [0, 0.05) is 20.2 Å². The van der Waals surface area contributed by atoms with E-state index in [0.717, 1.165) is 11.3 Å². The number of halogens is 1. The van der Waals surface area contributed by atoms with Crippen LogP contribution in [-0.4, -0.2) is 31.9 Å². The van der Waals surface area contributed by atoms with Gasteiger partial charge in [-0.2, -0.15) is 5.26 Å². The summed E-state index contributed by atoms with van der Waals surface area (Å²) in [6, 6.07) is 7.60. The highest BCUT2D eigenvalue weighted by Gasteiger charge is 2.12. The number of methoxy groups -OCH3 is 1. The second-order valence-corrected chi connectivity index (χ2v) is 4.68. The molecule has 4 nitrogen and oxygen atoms in total. The van der Waals surface area contributed by atoms with Crippen LogP contribution >= 0.6 is 11.6 Å². The Morgan fingerprint density at radius 3 is 2.74 bits per heavy atom. The van der Waals surface area contributed by atoms with Gasteiger partial charge in [0.05, 0.1) is 35.9 Å². The van der Waals surface area contributed by atoms with Crippen molar-refractivity contribution in [1.29, 1.82) is 5.26 Å². The Balaban J connectivity index is 2.91. The zero-order valence-corrected chi connectivity index (χ0v) is 12.0. The molecule has 0 saturated carbocycles. The molecular formula is C14H19ClN2O2. The van der Waals surface area contributed by atoms with Crippen LogP contribution in [0.2, 0.25) is 5.02 Å². The lowest BCUT2D eigenvalue weighted by Gasteiger charge is -2.25. The lowest BCUT2D eigenvalue weighted by atomic mass is 10.1. The van der Waals surface area contributed by atoms with E-state index >= 15 is 0 Å². The highest BCUT2D eigenvalue weighted by molar-refractivity contribution is 6.33. The standard InChI is InChI=1S/C14H19ClN2O2/c1-11(18)12-4-5-14(13(15)10-12)17(7-3-6-16)8-9-19-2/h4-5,10-11,18H,3,7-9H2,1-2H3/t11-/m0/s1. The van der Waals surface area contributed by atoms with Gasteiger partial charge >= 0.3 is 0 Å². The molecule has 0 radical (unpaired) electrons. The molecule has 1 rings (SSSR count). The number of hydrogen-bond donors (Lipinski definition) is 1. The summed E-state index contributed by atoms with van der Waals surface area (Å²) >= 11 is 6.25. The van der Waals surface area contributed by atoms with E-state index in [9.17, 15) is 5.11 Å². The maximum absolute atomic E-state index is 9.53. The fraction of sp³-hybridized carbons (Fsp3) is 0.500. The highest BCUT2D eigenvalue weighted by Crippen LogP contribution is 2.29. The number of ether oxygens (including phenoxy) is 1. The van der Waals surface area contributed by atoms with Crippen LogP contribution in [0.15, 0.2) is 18.2 Å². The number of aliphatic hydroxyl groups excluding tert-OH is 1. The van der Waals surface area contributed by atoms with Crippen molar-refractivity contribution in [2.75, 3.05) is 31.7 Å². The Morgan fingerprint density at radius 2 is 2.21 bits per heavy atom. The second kappa shape index (κ2) is 8.00. The van der Waals surface area contributed by atoms with Crippen molar-refractivity contribution in [2.45, 2.75) is 19.4 Å². The molecular weight excluding hydrogens is 264 g/mol. The molecule has 0 bridgehead atoms. The Morgan fingerprint density at radius 1 is 1.47 bits per heavy atom. The molecule has 0 aliphatic heterocycles. The number of rotatable bonds is 7. The Labute approximate surface area is 119 Å². The predicted octanol–water partition coefficient (Wildman–Crippen LogP) is 2.76. The average Bonchev–Trinajstić information content (AvgIpc) is 2.39. The van der Waals surface area contributed by atoms with Gasteiger partial charge in [0.1, 0.15) is 0 Å². The first-order chi connectivity index (χ1) is 9.10. The third kappa shape index (κ3) is 4.71. The molecule has 5 heteroatoms. The van der Waals surface area contributed by atoms with Crippen molar-refractivity contribution in [1.82, 2.24) is 0 Å². The third-order valence-electron chi connectivity index (χ3n) is 2.85. The summed E-state index contributed by atoms with van der Waals surface area (Å²) in [5, 5.41) is 18.8. The van der Waals surface area contributed by atoms with Crippen molar-refractivity contribution in [3.05, 3.63) is 28.8 Å². The fourth-order valence-corrected chi connectivity index (χ4v) is 2.09. The SMILES string of the molecule is COCCN(CCC#N)c1ccc([C@H](C)O)cc1Cl. The molecule has 1 N–H and O–H groups in total. The minimum absolute atomic E-state index is 0.429.